The summed E-state index contributed by atoms with van der Waals surface area (Å²) in [5, 5.41) is 3.55. The highest BCUT2D eigenvalue weighted by Gasteiger charge is 2.24. The first-order valence-corrected chi connectivity index (χ1v) is 5.45. The van der Waals surface area contributed by atoms with Crippen LogP contribution in [0.3, 0.4) is 0 Å². The second kappa shape index (κ2) is 4.96. The molecule has 2 rings (SSSR count). The Hall–Kier alpha value is -0.580. The molecule has 1 aliphatic heterocycles. The summed E-state index contributed by atoms with van der Waals surface area (Å²) >= 11 is 5.68. The Kier molecular flexibility index (Phi) is 3.61. The molecule has 1 fully saturated rings. The number of rotatable bonds is 3. The molecule has 84 valence electrons. The normalized spacial score (nSPS) is 20.4. The minimum Gasteiger partial charge on any atom is -0.448 e. The Bertz CT molecular complexity index is 312. The van der Waals surface area contributed by atoms with Gasteiger partial charge in [-0.1, -0.05) is 0 Å². The van der Waals surface area contributed by atoms with Gasteiger partial charge in [0.1, 0.15) is 12.4 Å². The number of piperazine rings is 1. The number of nitrogens with zero attached hydrogens (tertiary/aromatic N) is 1. The average Bonchev–Trinajstić information content (AvgIpc) is 2.68. The van der Waals surface area contributed by atoms with Crippen LogP contribution in [0.25, 0.3) is 0 Å². The molecule has 1 N–H and O–H groups in total. The highest BCUT2D eigenvalue weighted by Crippen LogP contribution is 2.25. The maximum atomic E-state index is 13.0. The van der Waals surface area contributed by atoms with E-state index in [-0.39, 0.29) is 6.04 Å². The highest BCUT2D eigenvalue weighted by atomic mass is 35.5. The Morgan fingerprint density at radius 3 is 2.73 bits per heavy atom. The van der Waals surface area contributed by atoms with Gasteiger partial charge in [0.25, 0.3) is 0 Å². The van der Waals surface area contributed by atoms with Gasteiger partial charge in [-0.05, 0) is 23.7 Å². The molecule has 0 radical (unpaired) electrons. The average molecular weight is 233 g/mol. The Morgan fingerprint density at radius 1 is 1.47 bits per heavy atom. The standard InChI is InChI=1S/C10H14ClFN2O/c11-10-2-1-9(15-10)8(7-12)14-5-3-13-4-6-14/h1-2,8,13H,3-7H2/t8-/m0/s1. The molecule has 0 unspecified atom stereocenters. The molecule has 0 saturated carbocycles. The van der Waals surface area contributed by atoms with Crippen LogP contribution in [0.2, 0.25) is 5.22 Å². The van der Waals surface area contributed by atoms with E-state index in [9.17, 15) is 4.39 Å². The summed E-state index contributed by atoms with van der Waals surface area (Å²) in [5.74, 6) is 0.615. The number of alkyl halides is 1. The van der Waals surface area contributed by atoms with Gasteiger partial charge in [-0.3, -0.25) is 4.90 Å². The van der Waals surface area contributed by atoms with Gasteiger partial charge in [0.05, 0.1) is 6.04 Å². The molecule has 1 saturated heterocycles. The summed E-state index contributed by atoms with van der Waals surface area (Å²) in [4.78, 5) is 2.08. The van der Waals surface area contributed by atoms with Crippen molar-refractivity contribution in [2.24, 2.45) is 0 Å². The fraction of sp³-hybridized carbons (Fsp3) is 0.600. The van der Waals surface area contributed by atoms with Gasteiger partial charge in [0.15, 0.2) is 5.22 Å². The monoisotopic (exact) mass is 232 g/mol. The Morgan fingerprint density at radius 2 is 2.20 bits per heavy atom. The molecule has 3 nitrogen and oxygen atoms in total. The zero-order valence-electron chi connectivity index (χ0n) is 8.38. The molecule has 0 amide bonds. The van der Waals surface area contributed by atoms with Crippen molar-refractivity contribution in [3.05, 3.63) is 23.1 Å². The fourth-order valence-corrected chi connectivity index (χ4v) is 2.01. The summed E-state index contributed by atoms with van der Waals surface area (Å²) in [6.07, 6.45) is 0. The number of hydrogen-bond donors (Lipinski definition) is 1. The summed E-state index contributed by atoms with van der Waals surface area (Å²) in [6, 6.07) is 3.11. The van der Waals surface area contributed by atoms with E-state index in [0.717, 1.165) is 26.2 Å². The third kappa shape index (κ3) is 2.51. The van der Waals surface area contributed by atoms with Crippen LogP contribution < -0.4 is 5.32 Å². The van der Waals surface area contributed by atoms with Crippen molar-refractivity contribution >= 4 is 11.6 Å². The third-order valence-corrected chi connectivity index (χ3v) is 2.86. The SMILES string of the molecule is FC[C@@H](c1ccc(Cl)o1)N1CCNCC1. The van der Waals surface area contributed by atoms with Crippen molar-refractivity contribution in [2.75, 3.05) is 32.9 Å². The minimum absolute atomic E-state index is 0.292. The van der Waals surface area contributed by atoms with E-state index in [0.29, 0.717) is 11.0 Å². The van der Waals surface area contributed by atoms with Gasteiger partial charge in [0, 0.05) is 26.2 Å². The molecule has 5 heteroatoms. The van der Waals surface area contributed by atoms with E-state index in [1.165, 1.54) is 0 Å². The second-order valence-electron chi connectivity index (χ2n) is 3.60. The quantitative estimate of drug-likeness (QED) is 0.862. The second-order valence-corrected chi connectivity index (χ2v) is 3.97. The molecular formula is C10H14ClFN2O. The van der Waals surface area contributed by atoms with E-state index >= 15 is 0 Å². The van der Waals surface area contributed by atoms with Gasteiger partial charge in [-0.25, -0.2) is 4.39 Å². The number of furan rings is 1. The van der Waals surface area contributed by atoms with Crippen molar-refractivity contribution < 1.29 is 8.81 Å². The number of nitrogens with one attached hydrogen (secondary N) is 1. The van der Waals surface area contributed by atoms with Crippen molar-refractivity contribution in [3.8, 4) is 0 Å². The molecule has 1 aliphatic rings. The van der Waals surface area contributed by atoms with Crippen molar-refractivity contribution in [1.29, 1.82) is 0 Å². The smallest absolute Gasteiger partial charge is 0.193 e. The highest BCUT2D eigenvalue weighted by molar-refractivity contribution is 6.28. The van der Waals surface area contributed by atoms with Crippen LogP contribution in [-0.4, -0.2) is 37.8 Å². The number of halogens is 2. The van der Waals surface area contributed by atoms with Crippen LogP contribution in [0, 0.1) is 0 Å². The van der Waals surface area contributed by atoms with Gasteiger partial charge < -0.3 is 9.73 Å². The molecule has 2 heterocycles. The van der Waals surface area contributed by atoms with Crippen LogP contribution in [0.4, 0.5) is 4.39 Å². The van der Waals surface area contributed by atoms with Gasteiger partial charge in [0.2, 0.25) is 0 Å². The number of hydrogen-bond acceptors (Lipinski definition) is 3. The van der Waals surface area contributed by atoms with Crippen LogP contribution in [0.15, 0.2) is 16.5 Å². The molecule has 0 spiro atoms. The maximum absolute atomic E-state index is 13.0. The molecule has 1 atom stereocenters. The van der Waals surface area contributed by atoms with E-state index in [4.69, 9.17) is 16.0 Å². The zero-order valence-corrected chi connectivity index (χ0v) is 9.13. The predicted octanol–water partition coefficient (Wildman–Crippen LogP) is 1.85. The van der Waals surface area contributed by atoms with Crippen LogP contribution >= 0.6 is 11.6 Å². The van der Waals surface area contributed by atoms with E-state index in [1.807, 2.05) is 0 Å². The van der Waals surface area contributed by atoms with Crippen molar-refractivity contribution in [2.45, 2.75) is 6.04 Å². The molecule has 15 heavy (non-hydrogen) atoms. The predicted molar refractivity (Wildman–Crippen MR) is 56.9 cm³/mol. The van der Waals surface area contributed by atoms with Gasteiger partial charge >= 0.3 is 0 Å². The minimum atomic E-state index is -0.441. The van der Waals surface area contributed by atoms with Crippen molar-refractivity contribution in [1.82, 2.24) is 10.2 Å². The molecule has 1 aromatic rings. The summed E-state index contributed by atoms with van der Waals surface area (Å²) < 4.78 is 18.2. The van der Waals surface area contributed by atoms with E-state index in [2.05, 4.69) is 10.2 Å². The fourth-order valence-electron chi connectivity index (χ4n) is 1.85. The van der Waals surface area contributed by atoms with Gasteiger partial charge in [-0.15, -0.1) is 0 Å². The Labute approximate surface area is 93.2 Å². The lowest BCUT2D eigenvalue weighted by atomic mass is 10.2. The van der Waals surface area contributed by atoms with Crippen LogP contribution in [0.5, 0.6) is 0 Å². The summed E-state index contributed by atoms with van der Waals surface area (Å²) in [5.41, 5.74) is 0. The largest absolute Gasteiger partial charge is 0.448 e. The maximum Gasteiger partial charge on any atom is 0.193 e. The lowest BCUT2D eigenvalue weighted by Gasteiger charge is -2.32. The molecule has 0 bridgehead atoms. The Balaban J connectivity index is 2.08. The zero-order chi connectivity index (χ0) is 10.7. The van der Waals surface area contributed by atoms with E-state index in [1.54, 1.807) is 12.1 Å². The summed E-state index contributed by atoms with van der Waals surface area (Å²) in [7, 11) is 0. The summed E-state index contributed by atoms with van der Waals surface area (Å²) in [6.45, 7) is 3.03. The first-order valence-electron chi connectivity index (χ1n) is 5.07. The van der Waals surface area contributed by atoms with Crippen molar-refractivity contribution in [3.63, 3.8) is 0 Å². The lowest BCUT2D eigenvalue weighted by molar-refractivity contribution is 0.130. The molecule has 0 aliphatic carbocycles. The lowest BCUT2D eigenvalue weighted by Crippen LogP contribution is -2.45. The van der Waals surface area contributed by atoms with Crippen LogP contribution in [-0.2, 0) is 0 Å². The topological polar surface area (TPSA) is 28.4 Å². The molecule has 0 aromatic carbocycles. The molecular weight excluding hydrogens is 219 g/mol. The third-order valence-electron chi connectivity index (χ3n) is 2.66. The first-order chi connectivity index (χ1) is 7.31. The van der Waals surface area contributed by atoms with Gasteiger partial charge in [-0.2, -0.15) is 0 Å². The van der Waals surface area contributed by atoms with Crippen LogP contribution in [0.1, 0.15) is 11.8 Å². The molecule has 1 aromatic heterocycles. The first kappa shape index (κ1) is 10.9. The van der Waals surface area contributed by atoms with E-state index < -0.39 is 6.67 Å².